The van der Waals surface area contributed by atoms with Gasteiger partial charge in [-0.2, -0.15) is 0 Å². The van der Waals surface area contributed by atoms with Crippen LogP contribution in [0.3, 0.4) is 0 Å². The maximum Gasteiger partial charge on any atom is 0.182 e. The monoisotopic (exact) mass is 341 g/mol. The van der Waals surface area contributed by atoms with Crippen molar-refractivity contribution >= 4 is 0 Å². The number of methoxy groups -OCH3 is 4. The number of oxazole rings is 1. The van der Waals surface area contributed by atoms with Gasteiger partial charge in [-0.1, -0.05) is 0 Å². The van der Waals surface area contributed by atoms with Crippen molar-refractivity contribution in [1.82, 2.24) is 4.98 Å². The van der Waals surface area contributed by atoms with E-state index in [1.807, 2.05) is 30.3 Å². The van der Waals surface area contributed by atoms with Gasteiger partial charge in [0.25, 0.3) is 0 Å². The Hall–Kier alpha value is -3.15. The summed E-state index contributed by atoms with van der Waals surface area (Å²) in [5.74, 6) is 3.12. The lowest BCUT2D eigenvalue weighted by molar-refractivity contribution is 0.349. The minimum absolute atomic E-state index is 0.577. The van der Waals surface area contributed by atoms with Crippen LogP contribution in [0, 0.1) is 0 Å². The minimum Gasteiger partial charge on any atom is -0.497 e. The van der Waals surface area contributed by atoms with Crippen LogP contribution in [0.25, 0.3) is 22.6 Å². The van der Waals surface area contributed by atoms with Crippen LogP contribution in [0.15, 0.2) is 47.2 Å². The number of ether oxygens (including phenoxy) is 4. The molecule has 1 heterocycles. The molecule has 25 heavy (non-hydrogen) atoms. The lowest BCUT2D eigenvalue weighted by atomic mass is 10.0. The summed E-state index contributed by atoms with van der Waals surface area (Å²) < 4.78 is 27.1. The quantitative estimate of drug-likeness (QED) is 0.674. The number of aromatic nitrogens is 1. The van der Waals surface area contributed by atoms with Crippen molar-refractivity contribution in [3.63, 3.8) is 0 Å². The molecule has 6 heteroatoms. The normalized spacial score (nSPS) is 10.4. The third-order valence-electron chi connectivity index (χ3n) is 3.88. The molecule has 2 aromatic carbocycles. The van der Waals surface area contributed by atoms with Crippen molar-refractivity contribution in [3.05, 3.63) is 42.8 Å². The van der Waals surface area contributed by atoms with E-state index in [0.29, 0.717) is 28.7 Å². The highest BCUT2D eigenvalue weighted by molar-refractivity contribution is 5.81. The van der Waals surface area contributed by atoms with Crippen molar-refractivity contribution in [2.24, 2.45) is 0 Å². The summed E-state index contributed by atoms with van der Waals surface area (Å²) >= 11 is 0. The van der Waals surface area contributed by atoms with E-state index in [0.717, 1.165) is 16.9 Å². The highest BCUT2D eigenvalue weighted by Gasteiger charge is 2.20. The summed E-state index contributed by atoms with van der Waals surface area (Å²) in [6.45, 7) is 0. The molecule has 0 spiro atoms. The Morgan fingerprint density at radius 3 is 2.00 bits per heavy atom. The van der Waals surface area contributed by atoms with Gasteiger partial charge in [0, 0.05) is 11.6 Å². The van der Waals surface area contributed by atoms with Crippen LogP contribution in [0.2, 0.25) is 0 Å². The highest BCUT2D eigenvalue weighted by Crippen LogP contribution is 2.43. The maximum absolute atomic E-state index is 5.66. The average Bonchev–Trinajstić information content (AvgIpc) is 3.16. The second kappa shape index (κ2) is 7.17. The van der Waals surface area contributed by atoms with Crippen LogP contribution in [0.4, 0.5) is 0 Å². The third-order valence-corrected chi connectivity index (χ3v) is 3.88. The van der Waals surface area contributed by atoms with Gasteiger partial charge < -0.3 is 23.4 Å². The first-order valence-electron chi connectivity index (χ1n) is 7.60. The van der Waals surface area contributed by atoms with E-state index in [1.165, 1.54) is 6.39 Å². The van der Waals surface area contributed by atoms with Gasteiger partial charge in [-0.15, -0.1) is 0 Å². The number of hydrogen-bond donors (Lipinski definition) is 0. The van der Waals surface area contributed by atoms with Crippen molar-refractivity contribution < 1.29 is 23.4 Å². The van der Waals surface area contributed by atoms with E-state index in [2.05, 4.69) is 4.98 Å². The maximum atomic E-state index is 5.66. The molecule has 0 aliphatic carbocycles. The van der Waals surface area contributed by atoms with E-state index in [1.54, 1.807) is 34.5 Å². The van der Waals surface area contributed by atoms with Gasteiger partial charge in [0.15, 0.2) is 23.7 Å². The summed E-state index contributed by atoms with van der Waals surface area (Å²) in [5.41, 5.74) is 2.33. The summed E-state index contributed by atoms with van der Waals surface area (Å²) in [7, 11) is 6.38. The van der Waals surface area contributed by atoms with Crippen LogP contribution >= 0.6 is 0 Å². The molecule has 1 aromatic heterocycles. The summed E-state index contributed by atoms with van der Waals surface area (Å²) in [6.07, 6.45) is 1.41. The van der Waals surface area contributed by atoms with Crippen molar-refractivity contribution in [2.45, 2.75) is 0 Å². The van der Waals surface area contributed by atoms with Crippen LogP contribution < -0.4 is 18.9 Å². The molecule has 0 N–H and O–H groups in total. The number of hydrogen-bond acceptors (Lipinski definition) is 6. The van der Waals surface area contributed by atoms with Crippen molar-refractivity contribution in [1.29, 1.82) is 0 Å². The van der Waals surface area contributed by atoms with Gasteiger partial charge in [-0.25, -0.2) is 4.98 Å². The standard InChI is InChI=1S/C19H19NO5/c1-21-13-7-5-12(6-8-13)18-19(25-11-20-18)14-9-16(23-3)17(24-4)10-15(14)22-2/h5-11H,1-4H3. The second-order valence-corrected chi connectivity index (χ2v) is 5.17. The lowest BCUT2D eigenvalue weighted by Gasteiger charge is -2.13. The zero-order valence-electron chi connectivity index (χ0n) is 14.5. The zero-order valence-corrected chi connectivity index (χ0v) is 14.5. The molecule has 0 aliphatic rings. The van der Waals surface area contributed by atoms with Gasteiger partial charge in [0.1, 0.15) is 17.2 Å². The Morgan fingerprint density at radius 1 is 0.760 bits per heavy atom. The van der Waals surface area contributed by atoms with Gasteiger partial charge in [0.05, 0.1) is 34.0 Å². The molecular weight excluding hydrogens is 322 g/mol. The fraction of sp³-hybridized carbons (Fsp3) is 0.211. The summed E-state index contributed by atoms with van der Waals surface area (Å²) in [6, 6.07) is 11.2. The molecule has 0 saturated heterocycles. The van der Waals surface area contributed by atoms with E-state index in [4.69, 9.17) is 23.4 Å². The Labute approximate surface area is 145 Å². The third kappa shape index (κ3) is 3.10. The molecule has 0 atom stereocenters. The topological polar surface area (TPSA) is 63.0 Å². The predicted molar refractivity (Wildman–Crippen MR) is 93.6 cm³/mol. The Kier molecular flexibility index (Phi) is 4.79. The highest BCUT2D eigenvalue weighted by atomic mass is 16.5. The fourth-order valence-corrected chi connectivity index (χ4v) is 2.60. The first-order chi connectivity index (χ1) is 12.2. The van der Waals surface area contributed by atoms with E-state index in [9.17, 15) is 0 Å². The molecule has 0 radical (unpaired) electrons. The molecule has 3 rings (SSSR count). The van der Waals surface area contributed by atoms with Crippen LogP contribution in [0.5, 0.6) is 23.0 Å². The fourth-order valence-electron chi connectivity index (χ4n) is 2.60. The number of nitrogens with zero attached hydrogens (tertiary/aromatic N) is 1. The molecule has 0 unspecified atom stereocenters. The second-order valence-electron chi connectivity index (χ2n) is 5.17. The first-order valence-corrected chi connectivity index (χ1v) is 7.60. The van der Waals surface area contributed by atoms with Crippen molar-refractivity contribution in [3.8, 4) is 45.6 Å². The van der Waals surface area contributed by atoms with E-state index >= 15 is 0 Å². The Bertz CT molecular complexity index is 855. The molecule has 0 fully saturated rings. The predicted octanol–water partition coefficient (Wildman–Crippen LogP) is 4.04. The van der Waals surface area contributed by atoms with E-state index < -0.39 is 0 Å². The molecular formula is C19H19NO5. The Morgan fingerprint density at radius 2 is 1.40 bits per heavy atom. The van der Waals surface area contributed by atoms with E-state index in [-0.39, 0.29) is 0 Å². The average molecular weight is 341 g/mol. The lowest BCUT2D eigenvalue weighted by Crippen LogP contribution is -1.95. The minimum atomic E-state index is 0.577. The largest absolute Gasteiger partial charge is 0.497 e. The molecule has 3 aromatic rings. The summed E-state index contributed by atoms with van der Waals surface area (Å²) in [5, 5.41) is 0. The summed E-state index contributed by atoms with van der Waals surface area (Å²) in [4.78, 5) is 4.36. The molecule has 0 saturated carbocycles. The van der Waals surface area contributed by atoms with Crippen LogP contribution in [-0.2, 0) is 0 Å². The van der Waals surface area contributed by atoms with Gasteiger partial charge in [-0.3, -0.25) is 0 Å². The zero-order chi connectivity index (χ0) is 17.8. The van der Waals surface area contributed by atoms with Gasteiger partial charge in [-0.05, 0) is 30.3 Å². The molecule has 0 aliphatic heterocycles. The Balaban J connectivity index is 2.13. The SMILES string of the molecule is COc1ccc(-c2ncoc2-c2cc(OC)c(OC)cc2OC)cc1. The molecule has 130 valence electrons. The smallest absolute Gasteiger partial charge is 0.182 e. The van der Waals surface area contributed by atoms with Crippen LogP contribution in [-0.4, -0.2) is 33.4 Å². The number of rotatable bonds is 6. The number of benzene rings is 2. The molecule has 6 nitrogen and oxygen atoms in total. The molecule has 0 amide bonds. The first kappa shape index (κ1) is 16.7. The van der Waals surface area contributed by atoms with Gasteiger partial charge >= 0.3 is 0 Å². The van der Waals surface area contributed by atoms with Crippen molar-refractivity contribution in [2.75, 3.05) is 28.4 Å². The molecule has 0 bridgehead atoms. The van der Waals surface area contributed by atoms with Crippen LogP contribution in [0.1, 0.15) is 0 Å². The van der Waals surface area contributed by atoms with Gasteiger partial charge in [0.2, 0.25) is 0 Å².